The molecule has 0 bridgehead atoms. The lowest BCUT2D eigenvalue weighted by atomic mass is 10.3. The molecule has 0 unspecified atom stereocenters. The molecule has 102 valence electrons. The zero-order valence-electron chi connectivity index (χ0n) is 10.1. The van der Waals surface area contributed by atoms with Crippen LogP contribution in [0.3, 0.4) is 0 Å². The van der Waals surface area contributed by atoms with E-state index in [2.05, 4.69) is 5.32 Å². The molecule has 1 rings (SSSR count). The first kappa shape index (κ1) is 14.8. The van der Waals surface area contributed by atoms with Gasteiger partial charge in [-0.3, -0.25) is 0 Å². The highest BCUT2D eigenvalue weighted by Gasteiger charge is 2.09. The van der Waals surface area contributed by atoms with Crippen LogP contribution in [0.4, 0.5) is 18.9 Å². The second-order valence-corrected chi connectivity index (χ2v) is 3.64. The van der Waals surface area contributed by atoms with Crippen LogP contribution in [0.1, 0.15) is 6.42 Å². The molecule has 0 saturated carbocycles. The van der Waals surface area contributed by atoms with Crippen LogP contribution in [-0.2, 0) is 9.47 Å². The summed E-state index contributed by atoms with van der Waals surface area (Å²) in [7, 11) is 1.59. The fraction of sp³-hybridized carbons (Fsp3) is 0.500. The van der Waals surface area contributed by atoms with Gasteiger partial charge in [0.05, 0.1) is 13.2 Å². The van der Waals surface area contributed by atoms with E-state index in [0.29, 0.717) is 32.8 Å². The van der Waals surface area contributed by atoms with Crippen molar-refractivity contribution >= 4 is 5.69 Å². The minimum Gasteiger partial charge on any atom is -0.385 e. The fourth-order valence-corrected chi connectivity index (χ4v) is 1.31. The van der Waals surface area contributed by atoms with Gasteiger partial charge >= 0.3 is 0 Å². The maximum absolute atomic E-state index is 12.9. The van der Waals surface area contributed by atoms with E-state index in [4.69, 9.17) is 9.47 Å². The average Bonchev–Trinajstić information content (AvgIpc) is 2.34. The molecule has 1 aromatic carbocycles. The molecule has 1 N–H and O–H groups in total. The summed E-state index contributed by atoms with van der Waals surface area (Å²) >= 11 is 0. The lowest BCUT2D eigenvalue weighted by Gasteiger charge is -2.07. The maximum Gasteiger partial charge on any atom is 0.194 e. The van der Waals surface area contributed by atoms with Crippen LogP contribution < -0.4 is 5.32 Å². The SMILES string of the molecule is COCCOCCCNc1cc(F)c(F)c(F)c1. The largest absolute Gasteiger partial charge is 0.385 e. The summed E-state index contributed by atoms with van der Waals surface area (Å²) in [6, 6.07) is 1.84. The van der Waals surface area contributed by atoms with Crippen molar-refractivity contribution in [2.45, 2.75) is 6.42 Å². The van der Waals surface area contributed by atoms with Crippen LogP contribution >= 0.6 is 0 Å². The Morgan fingerprint density at radius 1 is 1.06 bits per heavy atom. The van der Waals surface area contributed by atoms with Gasteiger partial charge in [0.2, 0.25) is 0 Å². The van der Waals surface area contributed by atoms with Gasteiger partial charge in [0.15, 0.2) is 17.5 Å². The van der Waals surface area contributed by atoms with E-state index in [0.717, 1.165) is 12.1 Å². The van der Waals surface area contributed by atoms with Crippen LogP contribution in [0.15, 0.2) is 12.1 Å². The summed E-state index contributed by atoms with van der Waals surface area (Å²) < 4.78 is 48.4. The minimum atomic E-state index is -1.46. The highest BCUT2D eigenvalue weighted by atomic mass is 19.2. The van der Waals surface area contributed by atoms with E-state index in [9.17, 15) is 13.2 Å². The third-order valence-corrected chi connectivity index (χ3v) is 2.21. The molecule has 0 aromatic heterocycles. The summed E-state index contributed by atoms with van der Waals surface area (Å²) in [6.07, 6.45) is 0.671. The smallest absolute Gasteiger partial charge is 0.194 e. The third-order valence-electron chi connectivity index (χ3n) is 2.21. The van der Waals surface area contributed by atoms with Crippen molar-refractivity contribution in [3.8, 4) is 0 Å². The Kier molecular flexibility index (Phi) is 6.53. The number of hydrogen-bond acceptors (Lipinski definition) is 3. The molecule has 3 nitrogen and oxygen atoms in total. The summed E-state index contributed by atoms with van der Waals surface area (Å²) in [4.78, 5) is 0. The molecule has 0 saturated heterocycles. The van der Waals surface area contributed by atoms with Crippen molar-refractivity contribution in [2.24, 2.45) is 0 Å². The molecule has 18 heavy (non-hydrogen) atoms. The molecule has 0 radical (unpaired) electrons. The van der Waals surface area contributed by atoms with Gasteiger partial charge < -0.3 is 14.8 Å². The van der Waals surface area contributed by atoms with Crippen molar-refractivity contribution in [1.82, 2.24) is 0 Å². The van der Waals surface area contributed by atoms with Gasteiger partial charge in [0.25, 0.3) is 0 Å². The minimum absolute atomic E-state index is 0.211. The molecular formula is C12H16F3NO2. The van der Waals surface area contributed by atoms with Crippen LogP contribution in [0.2, 0.25) is 0 Å². The van der Waals surface area contributed by atoms with Crippen molar-refractivity contribution in [3.63, 3.8) is 0 Å². The van der Waals surface area contributed by atoms with Crippen LogP contribution in [0.25, 0.3) is 0 Å². The highest BCUT2D eigenvalue weighted by Crippen LogP contribution is 2.17. The molecule has 0 atom stereocenters. The molecule has 6 heteroatoms. The number of rotatable bonds is 8. The highest BCUT2D eigenvalue weighted by molar-refractivity contribution is 5.43. The number of ether oxygens (including phenoxy) is 2. The third kappa shape index (κ3) is 4.93. The number of nitrogens with one attached hydrogen (secondary N) is 1. The Hall–Kier alpha value is -1.27. The Morgan fingerprint density at radius 3 is 2.33 bits per heavy atom. The Labute approximate surface area is 104 Å². The van der Waals surface area contributed by atoms with Crippen molar-refractivity contribution in [3.05, 3.63) is 29.6 Å². The summed E-state index contributed by atoms with van der Waals surface area (Å²) in [5.41, 5.74) is 0.211. The van der Waals surface area contributed by atoms with Gasteiger partial charge in [-0.2, -0.15) is 0 Å². The number of benzene rings is 1. The molecular weight excluding hydrogens is 247 g/mol. The second kappa shape index (κ2) is 7.94. The maximum atomic E-state index is 12.9. The lowest BCUT2D eigenvalue weighted by molar-refractivity contribution is 0.0705. The topological polar surface area (TPSA) is 30.5 Å². The van der Waals surface area contributed by atoms with Gasteiger partial charge in [-0.25, -0.2) is 13.2 Å². The van der Waals surface area contributed by atoms with Crippen LogP contribution in [0, 0.1) is 17.5 Å². The quantitative estimate of drug-likeness (QED) is 0.577. The monoisotopic (exact) mass is 263 g/mol. The number of halogens is 3. The fourth-order valence-electron chi connectivity index (χ4n) is 1.31. The van der Waals surface area contributed by atoms with Gasteiger partial charge in [-0.1, -0.05) is 0 Å². The zero-order chi connectivity index (χ0) is 13.4. The average molecular weight is 263 g/mol. The number of hydrogen-bond donors (Lipinski definition) is 1. The summed E-state index contributed by atoms with van der Waals surface area (Å²) in [5, 5.41) is 2.79. The number of methoxy groups -OCH3 is 1. The first-order valence-corrected chi connectivity index (χ1v) is 5.60. The lowest BCUT2D eigenvalue weighted by Crippen LogP contribution is -2.09. The Balaban J connectivity index is 2.23. The van der Waals surface area contributed by atoms with E-state index in [-0.39, 0.29) is 5.69 Å². The van der Waals surface area contributed by atoms with Crippen molar-refractivity contribution in [1.29, 1.82) is 0 Å². The van der Waals surface area contributed by atoms with E-state index < -0.39 is 17.5 Å². The van der Waals surface area contributed by atoms with E-state index in [1.165, 1.54) is 0 Å². The zero-order valence-corrected chi connectivity index (χ0v) is 10.1. The Morgan fingerprint density at radius 2 is 1.72 bits per heavy atom. The van der Waals surface area contributed by atoms with E-state index in [1.807, 2.05) is 0 Å². The first-order valence-electron chi connectivity index (χ1n) is 5.60. The molecule has 0 spiro atoms. The van der Waals surface area contributed by atoms with Gasteiger partial charge in [0, 0.05) is 38.1 Å². The van der Waals surface area contributed by atoms with Crippen molar-refractivity contribution in [2.75, 3.05) is 38.8 Å². The van der Waals surface area contributed by atoms with Crippen LogP contribution in [0.5, 0.6) is 0 Å². The van der Waals surface area contributed by atoms with Gasteiger partial charge in [-0.05, 0) is 6.42 Å². The van der Waals surface area contributed by atoms with Crippen LogP contribution in [-0.4, -0.2) is 33.5 Å². The molecule has 0 amide bonds. The summed E-state index contributed by atoms with van der Waals surface area (Å²) in [5.74, 6) is -3.86. The molecule has 0 aliphatic heterocycles. The predicted octanol–water partition coefficient (Wildman–Crippen LogP) is 2.57. The van der Waals surface area contributed by atoms with Gasteiger partial charge in [-0.15, -0.1) is 0 Å². The predicted molar refractivity (Wildman–Crippen MR) is 62.1 cm³/mol. The molecule has 0 aliphatic carbocycles. The van der Waals surface area contributed by atoms with Crippen molar-refractivity contribution < 1.29 is 22.6 Å². The second-order valence-electron chi connectivity index (χ2n) is 3.64. The molecule has 1 aromatic rings. The Bertz CT molecular complexity index is 351. The van der Waals surface area contributed by atoms with E-state index >= 15 is 0 Å². The normalized spacial score (nSPS) is 10.7. The van der Waals surface area contributed by atoms with Gasteiger partial charge in [0.1, 0.15) is 0 Å². The summed E-state index contributed by atoms with van der Waals surface area (Å²) in [6.45, 7) is 2.04. The molecule has 0 heterocycles. The van der Waals surface area contributed by atoms with E-state index in [1.54, 1.807) is 7.11 Å². The standard InChI is InChI=1S/C12H16F3NO2/c1-17-5-6-18-4-2-3-16-9-7-10(13)12(15)11(14)8-9/h7-8,16H,2-6H2,1H3. The molecule has 0 aliphatic rings. The molecule has 0 fully saturated rings. The number of anilines is 1. The first-order chi connectivity index (χ1) is 8.65.